The molecule has 2 heterocycles. The molecule has 0 saturated carbocycles. The summed E-state index contributed by atoms with van der Waals surface area (Å²) in [4.78, 5) is 0. The highest BCUT2D eigenvalue weighted by molar-refractivity contribution is 6.22. The molecular weight excluding hydrogens is 689 g/mol. The first-order chi connectivity index (χ1) is 28.3. The number of nitrogens with zero attached hydrogens (tertiary/aromatic N) is 2. The summed E-state index contributed by atoms with van der Waals surface area (Å²) >= 11 is 0. The van der Waals surface area contributed by atoms with E-state index in [-0.39, 0.29) is 0 Å². The van der Waals surface area contributed by atoms with Gasteiger partial charge < -0.3 is 9.13 Å². The summed E-state index contributed by atoms with van der Waals surface area (Å²) in [5.74, 6) is 0. The van der Waals surface area contributed by atoms with E-state index in [4.69, 9.17) is 0 Å². The van der Waals surface area contributed by atoms with Gasteiger partial charge in [-0.3, -0.25) is 0 Å². The summed E-state index contributed by atoms with van der Waals surface area (Å²) < 4.78 is 4.91. The van der Waals surface area contributed by atoms with Gasteiger partial charge in [-0.15, -0.1) is 0 Å². The van der Waals surface area contributed by atoms with E-state index in [2.05, 4.69) is 228 Å². The molecule has 1 aliphatic rings. The van der Waals surface area contributed by atoms with Crippen molar-refractivity contribution in [1.29, 1.82) is 0 Å². The third-order valence-electron chi connectivity index (χ3n) is 12.4. The number of hydrogen-bond acceptors (Lipinski definition) is 0. The average molecular weight is 725 g/mol. The lowest BCUT2D eigenvalue weighted by molar-refractivity contribution is 0.769. The van der Waals surface area contributed by atoms with E-state index in [9.17, 15) is 0 Å². The number of hydrogen-bond donors (Lipinski definition) is 0. The molecule has 9 aromatic carbocycles. The topological polar surface area (TPSA) is 9.86 Å². The van der Waals surface area contributed by atoms with Gasteiger partial charge in [0.2, 0.25) is 0 Å². The third kappa shape index (κ3) is 4.41. The predicted octanol–water partition coefficient (Wildman–Crippen LogP) is 13.9. The second-order valence-electron chi connectivity index (χ2n) is 15.2. The Morgan fingerprint density at radius 3 is 1.51 bits per heavy atom. The molecule has 0 spiro atoms. The van der Waals surface area contributed by atoms with Crippen LogP contribution in [0.25, 0.3) is 77.2 Å². The smallest absolute Gasteiger partial charge is 0.0714 e. The standard InChI is InChI=1S/C55H36N2/c1-5-19-38(20-6-1)55(39-21-7-2-8-22-39)47-30-16-13-28-43(47)52-48(55)36-45(54-53(52)44-29-15-18-32-50(44)57(54)41-25-11-4-12-26-41)37-33-34-51-46(35-37)42-27-14-17-31-49(42)56(51)40-23-9-3-10-24-40/h1-36H. The highest BCUT2D eigenvalue weighted by Crippen LogP contribution is 2.60. The van der Waals surface area contributed by atoms with Gasteiger partial charge >= 0.3 is 0 Å². The van der Waals surface area contributed by atoms with Crippen LogP contribution in [0.4, 0.5) is 0 Å². The summed E-state index contributed by atoms with van der Waals surface area (Å²) in [5, 5.41) is 5.02. The fraction of sp³-hybridized carbons (Fsp3) is 0.0182. The molecule has 0 unspecified atom stereocenters. The van der Waals surface area contributed by atoms with E-state index in [1.54, 1.807) is 0 Å². The van der Waals surface area contributed by atoms with Gasteiger partial charge in [-0.2, -0.15) is 0 Å². The van der Waals surface area contributed by atoms with E-state index in [1.165, 1.54) is 88.1 Å². The van der Waals surface area contributed by atoms with Crippen LogP contribution in [0.1, 0.15) is 22.3 Å². The molecule has 11 aromatic rings. The van der Waals surface area contributed by atoms with Crippen molar-refractivity contribution in [3.63, 3.8) is 0 Å². The van der Waals surface area contributed by atoms with Crippen LogP contribution in [0.15, 0.2) is 218 Å². The first-order valence-corrected chi connectivity index (χ1v) is 19.8. The van der Waals surface area contributed by atoms with E-state index < -0.39 is 5.41 Å². The van der Waals surface area contributed by atoms with Gasteiger partial charge in [0, 0.05) is 38.5 Å². The van der Waals surface area contributed by atoms with Crippen LogP contribution in [0.2, 0.25) is 0 Å². The minimum atomic E-state index is -0.541. The lowest BCUT2D eigenvalue weighted by atomic mass is 9.67. The Kier molecular flexibility index (Phi) is 6.88. The second-order valence-corrected chi connectivity index (χ2v) is 15.2. The highest BCUT2D eigenvalue weighted by Gasteiger charge is 2.47. The maximum absolute atomic E-state index is 2.55. The summed E-state index contributed by atoms with van der Waals surface area (Å²) in [6.07, 6.45) is 0. The van der Waals surface area contributed by atoms with Crippen LogP contribution in [0.5, 0.6) is 0 Å². The summed E-state index contributed by atoms with van der Waals surface area (Å²) in [6, 6.07) is 80.6. The molecular formula is C55H36N2. The van der Waals surface area contributed by atoms with Gasteiger partial charge in [-0.25, -0.2) is 0 Å². The molecule has 2 heteroatoms. The summed E-state index contributed by atoms with van der Waals surface area (Å²) in [5.41, 5.74) is 16.7. The van der Waals surface area contributed by atoms with E-state index in [1.807, 2.05) is 0 Å². The van der Waals surface area contributed by atoms with Crippen LogP contribution < -0.4 is 0 Å². The Balaban J connectivity index is 1.29. The molecule has 1 aliphatic carbocycles. The first-order valence-electron chi connectivity index (χ1n) is 19.8. The van der Waals surface area contributed by atoms with Gasteiger partial charge in [0.05, 0.1) is 27.5 Å². The maximum atomic E-state index is 2.55. The molecule has 57 heavy (non-hydrogen) atoms. The van der Waals surface area contributed by atoms with E-state index >= 15 is 0 Å². The Morgan fingerprint density at radius 1 is 0.333 bits per heavy atom. The number of para-hydroxylation sites is 4. The monoisotopic (exact) mass is 724 g/mol. The van der Waals surface area contributed by atoms with Crippen LogP contribution in [-0.4, -0.2) is 9.13 Å². The molecule has 12 rings (SSSR count). The van der Waals surface area contributed by atoms with Crippen molar-refractivity contribution < 1.29 is 0 Å². The van der Waals surface area contributed by atoms with Gasteiger partial charge in [0.15, 0.2) is 0 Å². The maximum Gasteiger partial charge on any atom is 0.0714 e. The number of rotatable bonds is 5. The van der Waals surface area contributed by atoms with Crippen molar-refractivity contribution >= 4 is 43.6 Å². The van der Waals surface area contributed by atoms with Crippen molar-refractivity contribution in [1.82, 2.24) is 9.13 Å². The average Bonchev–Trinajstić information content (AvgIpc) is 3.91. The van der Waals surface area contributed by atoms with E-state index in [0.29, 0.717) is 0 Å². The fourth-order valence-electron chi connectivity index (χ4n) is 10.1. The van der Waals surface area contributed by atoms with Gasteiger partial charge in [0.25, 0.3) is 0 Å². The zero-order chi connectivity index (χ0) is 37.5. The Labute approximate surface area is 331 Å². The minimum Gasteiger partial charge on any atom is -0.309 e. The second kappa shape index (κ2) is 12.3. The van der Waals surface area contributed by atoms with Crippen LogP contribution >= 0.6 is 0 Å². The Morgan fingerprint density at radius 2 is 0.842 bits per heavy atom. The van der Waals surface area contributed by atoms with Crippen molar-refractivity contribution in [2.45, 2.75) is 5.41 Å². The lowest BCUT2D eigenvalue weighted by Crippen LogP contribution is -2.28. The summed E-state index contributed by atoms with van der Waals surface area (Å²) in [7, 11) is 0. The molecule has 0 fully saturated rings. The molecule has 2 aromatic heterocycles. The van der Waals surface area contributed by atoms with Crippen molar-refractivity contribution in [3.05, 3.63) is 241 Å². The largest absolute Gasteiger partial charge is 0.309 e. The fourth-order valence-corrected chi connectivity index (χ4v) is 10.1. The van der Waals surface area contributed by atoms with Crippen molar-refractivity contribution in [2.24, 2.45) is 0 Å². The zero-order valence-corrected chi connectivity index (χ0v) is 31.2. The Hall–Kier alpha value is -7.42. The molecule has 0 saturated heterocycles. The lowest BCUT2D eigenvalue weighted by Gasteiger charge is -2.34. The van der Waals surface area contributed by atoms with Gasteiger partial charge in [-0.1, -0.05) is 164 Å². The number of benzene rings is 9. The normalized spacial score (nSPS) is 13.1. The number of aromatic nitrogens is 2. The molecule has 0 atom stereocenters. The van der Waals surface area contributed by atoms with Crippen LogP contribution in [0.3, 0.4) is 0 Å². The predicted molar refractivity (Wildman–Crippen MR) is 238 cm³/mol. The molecule has 2 nitrogen and oxygen atoms in total. The van der Waals surface area contributed by atoms with Crippen LogP contribution in [-0.2, 0) is 5.41 Å². The van der Waals surface area contributed by atoms with Crippen LogP contribution in [0, 0.1) is 0 Å². The molecule has 266 valence electrons. The minimum absolute atomic E-state index is 0.541. The summed E-state index contributed by atoms with van der Waals surface area (Å²) in [6.45, 7) is 0. The number of fused-ring (bicyclic) bond motifs is 10. The molecule has 0 amide bonds. The quantitative estimate of drug-likeness (QED) is 0.167. The molecule has 0 aliphatic heterocycles. The van der Waals surface area contributed by atoms with Crippen molar-refractivity contribution in [3.8, 4) is 33.6 Å². The van der Waals surface area contributed by atoms with E-state index in [0.717, 1.165) is 11.4 Å². The molecule has 0 N–H and O–H groups in total. The van der Waals surface area contributed by atoms with Crippen molar-refractivity contribution in [2.75, 3.05) is 0 Å². The Bertz CT molecular complexity index is 3280. The van der Waals surface area contributed by atoms with Gasteiger partial charge in [-0.05, 0) is 93.5 Å². The highest BCUT2D eigenvalue weighted by atomic mass is 15.0. The molecule has 0 radical (unpaired) electrons. The third-order valence-corrected chi connectivity index (χ3v) is 12.4. The molecule has 0 bridgehead atoms. The first kappa shape index (κ1) is 31.9. The van der Waals surface area contributed by atoms with Gasteiger partial charge in [0.1, 0.15) is 0 Å². The zero-order valence-electron chi connectivity index (χ0n) is 31.2. The SMILES string of the molecule is c1ccc(-n2c3ccccc3c3cc(-c4cc5c(c6c7ccccc7n(-c7ccccc7)c46)-c4ccccc4C5(c4ccccc4)c4ccccc4)ccc32)cc1.